The van der Waals surface area contributed by atoms with Gasteiger partial charge in [0.05, 0.1) is 0 Å². The largest absolute Gasteiger partial charge is 0.479 e. The van der Waals surface area contributed by atoms with Gasteiger partial charge in [0.15, 0.2) is 6.04 Å². The third-order valence-electron chi connectivity index (χ3n) is 3.23. The third kappa shape index (κ3) is 2.50. The number of nitrogens with one attached hydrogen (secondary N) is 1. The second kappa shape index (κ2) is 5.16. The molecule has 2 N–H and O–H groups in total. The summed E-state index contributed by atoms with van der Waals surface area (Å²) in [7, 11) is 0. The Balaban J connectivity index is 2.16. The fourth-order valence-electron chi connectivity index (χ4n) is 1.91. The van der Waals surface area contributed by atoms with Gasteiger partial charge in [0.25, 0.3) is 0 Å². The second-order valence-corrected chi connectivity index (χ2v) is 4.43. The minimum atomic E-state index is -1.32. The molecule has 0 radical (unpaired) electrons. The molecule has 5 heteroatoms. The summed E-state index contributed by atoms with van der Waals surface area (Å²) in [6.07, 6.45) is 2.53. The van der Waals surface area contributed by atoms with E-state index in [0.29, 0.717) is 0 Å². The first-order valence-corrected chi connectivity index (χ1v) is 5.87. The molecule has 96 valence electrons. The number of benzene rings is 1. The van der Waals surface area contributed by atoms with Crippen molar-refractivity contribution in [3.63, 3.8) is 0 Å². The summed E-state index contributed by atoms with van der Waals surface area (Å²) in [5.74, 6) is -2.32. The lowest BCUT2D eigenvalue weighted by Gasteiger charge is -2.26. The zero-order chi connectivity index (χ0) is 13.1. The summed E-state index contributed by atoms with van der Waals surface area (Å²) in [6, 6.07) is 4.25. The Labute approximate surface area is 104 Å². The molecule has 18 heavy (non-hydrogen) atoms. The van der Waals surface area contributed by atoms with E-state index in [9.17, 15) is 14.0 Å². The van der Waals surface area contributed by atoms with E-state index < -0.39 is 17.8 Å². The number of aliphatic carboxylic acids is 1. The Kier molecular flexibility index (Phi) is 3.60. The van der Waals surface area contributed by atoms with Crippen molar-refractivity contribution in [3.05, 3.63) is 35.6 Å². The highest BCUT2D eigenvalue weighted by atomic mass is 19.1. The molecule has 1 fully saturated rings. The van der Waals surface area contributed by atoms with Crippen LogP contribution in [0.5, 0.6) is 0 Å². The monoisotopic (exact) mass is 251 g/mol. The third-order valence-corrected chi connectivity index (χ3v) is 3.23. The number of hydrogen-bond donors (Lipinski definition) is 2. The molecule has 4 nitrogen and oxygen atoms in total. The number of amides is 1. The Hall–Kier alpha value is -1.91. The molecule has 1 aliphatic carbocycles. The zero-order valence-electron chi connectivity index (χ0n) is 9.73. The maximum absolute atomic E-state index is 13.5. The topological polar surface area (TPSA) is 66.4 Å². The molecule has 0 aliphatic heterocycles. The number of hydrogen-bond acceptors (Lipinski definition) is 2. The molecule has 1 aromatic rings. The first-order chi connectivity index (χ1) is 8.59. The Morgan fingerprint density at radius 3 is 2.50 bits per heavy atom. The lowest BCUT2D eigenvalue weighted by Crippen LogP contribution is -2.40. The van der Waals surface area contributed by atoms with Gasteiger partial charge >= 0.3 is 5.97 Å². The molecule has 1 atom stereocenters. The van der Waals surface area contributed by atoms with Crippen molar-refractivity contribution < 1.29 is 19.1 Å². The molecule has 1 aromatic carbocycles. The van der Waals surface area contributed by atoms with Gasteiger partial charge in [-0.15, -0.1) is 0 Å². The van der Waals surface area contributed by atoms with Crippen LogP contribution in [-0.2, 0) is 9.59 Å². The van der Waals surface area contributed by atoms with E-state index in [-0.39, 0.29) is 17.4 Å². The summed E-state index contributed by atoms with van der Waals surface area (Å²) in [5.41, 5.74) is -0.0160. The molecule has 0 unspecified atom stereocenters. The van der Waals surface area contributed by atoms with Gasteiger partial charge in [-0.3, -0.25) is 4.79 Å². The van der Waals surface area contributed by atoms with E-state index in [4.69, 9.17) is 5.11 Å². The number of carbonyl (C=O) groups is 2. The zero-order valence-corrected chi connectivity index (χ0v) is 9.73. The fourth-order valence-corrected chi connectivity index (χ4v) is 1.91. The van der Waals surface area contributed by atoms with Crippen LogP contribution in [0, 0.1) is 11.7 Å². The first kappa shape index (κ1) is 12.5. The van der Waals surface area contributed by atoms with Crippen LogP contribution >= 0.6 is 0 Å². The summed E-state index contributed by atoms with van der Waals surface area (Å²) in [6.45, 7) is 0. The fraction of sp³-hybridized carbons (Fsp3) is 0.385. The number of rotatable bonds is 4. The smallest absolute Gasteiger partial charge is 0.331 e. The minimum Gasteiger partial charge on any atom is -0.479 e. The number of carboxylic acid groups (broad SMARTS) is 1. The van der Waals surface area contributed by atoms with E-state index >= 15 is 0 Å². The Morgan fingerprint density at radius 2 is 2.00 bits per heavy atom. The molecule has 0 saturated heterocycles. The molecular weight excluding hydrogens is 237 g/mol. The van der Waals surface area contributed by atoms with E-state index in [1.807, 2.05) is 0 Å². The van der Waals surface area contributed by atoms with Crippen LogP contribution in [0.2, 0.25) is 0 Å². The molecular formula is C13H14FNO3. The minimum absolute atomic E-state index is 0.0160. The average molecular weight is 251 g/mol. The predicted octanol–water partition coefficient (Wildman–Crippen LogP) is 1.87. The SMILES string of the molecule is O=C(N[C@H](C(=O)O)c1ccccc1F)C1CCC1. The van der Waals surface area contributed by atoms with Crippen LogP contribution in [0.15, 0.2) is 24.3 Å². The molecule has 0 aromatic heterocycles. The first-order valence-electron chi connectivity index (χ1n) is 5.87. The van der Waals surface area contributed by atoms with Crippen molar-refractivity contribution in [2.45, 2.75) is 25.3 Å². The van der Waals surface area contributed by atoms with E-state index in [2.05, 4.69) is 5.32 Å². The molecule has 1 aliphatic rings. The lowest BCUT2D eigenvalue weighted by molar-refractivity contribution is -0.143. The van der Waals surface area contributed by atoms with E-state index in [1.54, 1.807) is 6.07 Å². The normalized spacial score (nSPS) is 16.7. The van der Waals surface area contributed by atoms with Gasteiger partial charge in [-0.1, -0.05) is 24.6 Å². The van der Waals surface area contributed by atoms with Gasteiger partial charge in [-0.2, -0.15) is 0 Å². The van der Waals surface area contributed by atoms with Crippen molar-refractivity contribution in [1.29, 1.82) is 0 Å². The van der Waals surface area contributed by atoms with Crippen molar-refractivity contribution in [2.24, 2.45) is 5.92 Å². The van der Waals surface area contributed by atoms with Crippen LogP contribution in [0.25, 0.3) is 0 Å². The predicted molar refractivity (Wildman–Crippen MR) is 62.3 cm³/mol. The van der Waals surface area contributed by atoms with Crippen LogP contribution in [0.4, 0.5) is 4.39 Å². The van der Waals surface area contributed by atoms with Gasteiger partial charge < -0.3 is 10.4 Å². The highest BCUT2D eigenvalue weighted by molar-refractivity contribution is 5.86. The van der Waals surface area contributed by atoms with Crippen LogP contribution in [0.1, 0.15) is 30.9 Å². The van der Waals surface area contributed by atoms with Gasteiger partial charge in [0.1, 0.15) is 5.82 Å². The molecule has 0 spiro atoms. The average Bonchev–Trinajstić information content (AvgIpc) is 2.24. The molecule has 1 amide bonds. The van der Waals surface area contributed by atoms with Gasteiger partial charge in [0, 0.05) is 11.5 Å². The lowest BCUT2D eigenvalue weighted by atomic mass is 9.84. The molecule has 0 bridgehead atoms. The van der Waals surface area contributed by atoms with E-state index in [1.165, 1.54) is 18.2 Å². The van der Waals surface area contributed by atoms with Gasteiger partial charge in [-0.05, 0) is 18.9 Å². The quantitative estimate of drug-likeness (QED) is 0.858. The van der Waals surface area contributed by atoms with Crippen molar-refractivity contribution in [2.75, 3.05) is 0 Å². The highest BCUT2D eigenvalue weighted by Crippen LogP contribution is 2.27. The second-order valence-electron chi connectivity index (χ2n) is 4.43. The Bertz CT molecular complexity index is 471. The molecule has 0 heterocycles. The van der Waals surface area contributed by atoms with Crippen molar-refractivity contribution in [1.82, 2.24) is 5.32 Å². The number of carbonyl (C=O) groups excluding carboxylic acids is 1. The summed E-state index contributed by atoms with van der Waals surface area (Å²) >= 11 is 0. The molecule has 1 saturated carbocycles. The van der Waals surface area contributed by atoms with Crippen LogP contribution in [0.3, 0.4) is 0 Å². The summed E-state index contributed by atoms with van der Waals surface area (Å²) < 4.78 is 13.5. The molecule has 2 rings (SSSR count). The van der Waals surface area contributed by atoms with Crippen molar-refractivity contribution >= 4 is 11.9 Å². The Morgan fingerprint density at radius 1 is 1.33 bits per heavy atom. The summed E-state index contributed by atoms with van der Waals surface area (Å²) in [5, 5.41) is 11.5. The maximum atomic E-state index is 13.5. The van der Waals surface area contributed by atoms with Crippen LogP contribution < -0.4 is 5.32 Å². The highest BCUT2D eigenvalue weighted by Gasteiger charge is 2.30. The van der Waals surface area contributed by atoms with Gasteiger partial charge in [-0.25, -0.2) is 9.18 Å². The number of carboxylic acids is 1. The summed E-state index contributed by atoms with van der Waals surface area (Å²) in [4.78, 5) is 22.9. The standard InChI is InChI=1S/C13H14FNO3/c14-10-7-2-1-6-9(10)11(13(17)18)15-12(16)8-4-3-5-8/h1-2,6-8,11H,3-5H2,(H,15,16)(H,17,18)/t11-/m0/s1. The maximum Gasteiger partial charge on any atom is 0.331 e. The van der Waals surface area contributed by atoms with Gasteiger partial charge in [0.2, 0.25) is 5.91 Å². The van der Waals surface area contributed by atoms with Crippen molar-refractivity contribution in [3.8, 4) is 0 Å². The van der Waals surface area contributed by atoms with Crippen LogP contribution in [-0.4, -0.2) is 17.0 Å². The number of halogens is 1. The van der Waals surface area contributed by atoms with E-state index in [0.717, 1.165) is 19.3 Å².